The van der Waals surface area contributed by atoms with Crippen LogP contribution < -0.4 is 4.74 Å². The number of hydrogen-bond donors (Lipinski definition) is 1. The van der Waals surface area contributed by atoms with E-state index >= 15 is 0 Å². The lowest BCUT2D eigenvalue weighted by atomic mass is 10.1. The zero-order valence-electron chi connectivity index (χ0n) is 11.7. The summed E-state index contributed by atoms with van der Waals surface area (Å²) in [5.41, 5.74) is 1.25. The van der Waals surface area contributed by atoms with Gasteiger partial charge < -0.3 is 14.5 Å². The molecule has 3 aromatic rings. The Hall–Kier alpha value is -2.74. The van der Waals surface area contributed by atoms with Crippen molar-refractivity contribution in [1.29, 1.82) is 0 Å². The molecule has 0 saturated heterocycles. The highest BCUT2D eigenvalue weighted by Gasteiger charge is 2.21. The van der Waals surface area contributed by atoms with Crippen molar-refractivity contribution in [2.75, 3.05) is 14.2 Å². The fourth-order valence-corrected chi connectivity index (χ4v) is 2.73. The van der Waals surface area contributed by atoms with Gasteiger partial charge in [0.15, 0.2) is 5.01 Å². The maximum Gasteiger partial charge on any atom is 0.369 e. The van der Waals surface area contributed by atoms with Gasteiger partial charge in [-0.2, -0.15) is 0 Å². The molecule has 0 bridgehead atoms. The number of fused-ring (bicyclic) bond motifs is 1. The highest BCUT2D eigenvalue weighted by atomic mass is 32.1. The van der Waals surface area contributed by atoms with E-state index in [0.29, 0.717) is 11.3 Å². The third-order valence-corrected chi connectivity index (χ3v) is 4.01. The summed E-state index contributed by atoms with van der Waals surface area (Å²) in [4.78, 5) is 26.9. The smallest absolute Gasteiger partial charge is 0.369 e. The van der Waals surface area contributed by atoms with Crippen LogP contribution in [0.2, 0.25) is 0 Å². The molecule has 112 valence electrons. The van der Waals surface area contributed by atoms with Crippen LogP contribution in [-0.2, 0) is 4.74 Å². The highest BCUT2D eigenvalue weighted by molar-refractivity contribution is 7.15. The normalized spacial score (nSPS) is 10.6. The van der Waals surface area contributed by atoms with Crippen LogP contribution in [0.5, 0.6) is 5.75 Å². The summed E-state index contributed by atoms with van der Waals surface area (Å²) in [6, 6.07) is 5.39. The standard InChI is InChI=1S/C14H11N3O4S/c1-20-7-3-4-10-8(5-7)9(6-15-10)11(18)12-16-17-13(22-12)14(19)21-2/h3-6,15H,1-2H3. The van der Waals surface area contributed by atoms with Gasteiger partial charge in [-0.25, -0.2) is 4.79 Å². The number of aromatic amines is 1. The number of nitrogens with zero attached hydrogens (tertiary/aromatic N) is 2. The number of methoxy groups -OCH3 is 2. The maximum atomic E-state index is 12.5. The molecule has 0 unspecified atom stereocenters. The number of carbonyl (C=O) groups is 2. The maximum absolute atomic E-state index is 12.5. The van der Waals surface area contributed by atoms with Crippen LogP contribution in [0.3, 0.4) is 0 Å². The van der Waals surface area contributed by atoms with Crippen LogP contribution in [0.15, 0.2) is 24.4 Å². The molecule has 0 amide bonds. The molecule has 0 atom stereocenters. The minimum absolute atomic E-state index is 0.0447. The minimum atomic E-state index is -0.614. The lowest BCUT2D eigenvalue weighted by Gasteiger charge is -2.00. The Kier molecular flexibility index (Phi) is 3.60. The fourth-order valence-electron chi connectivity index (χ4n) is 2.01. The average molecular weight is 317 g/mol. The molecule has 1 N–H and O–H groups in total. The summed E-state index contributed by atoms with van der Waals surface area (Å²) in [6.07, 6.45) is 1.60. The Morgan fingerprint density at radius 2 is 1.95 bits per heavy atom. The van der Waals surface area contributed by atoms with E-state index in [9.17, 15) is 9.59 Å². The summed E-state index contributed by atoms with van der Waals surface area (Å²) in [5.74, 6) is -0.280. The highest BCUT2D eigenvalue weighted by Crippen LogP contribution is 2.26. The number of nitrogens with one attached hydrogen (secondary N) is 1. The summed E-state index contributed by atoms with van der Waals surface area (Å²) in [7, 11) is 2.81. The molecule has 7 nitrogen and oxygen atoms in total. The van der Waals surface area contributed by atoms with Crippen LogP contribution in [-0.4, -0.2) is 41.2 Å². The van der Waals surface area contributed by atoms with Crippen LogP contribution >= 0.6 is 11.3 Å². The molecule has 3 rings (SSSR count). The van der Waals surface area contributed by atoms with Gasteiger partial charge in [0, 0.05) is 17.1 Å². The van der Waals surface area contributed by atoms with Crippen LogP contribution in [0.25, 0.3) is 10.9 Å². The Labute approximate surface area is 128 Å². The van der Waals surface area contributed by atoms with Crippen molar-refractivity contribution in [3.8, 4) is 5.75 Å². The third-order valence-electron chi connectivity index (χ3n) is 3.11. The number of H-pyrrole nitrogens is 1. The van der Waals surface area contributed by atoms with Crippen molar-refractivity contribution in [2.24, 2.45) is 0 Å². The van der Waals surface area contributed by atoms with Crippen LogP contribution in [0.1, 0.15) is 25.2 Å². The van der Waals surface area contributed by atoms with Gasteiger partial charge in [0.25, 0.3) is 0 Å². The zero-order valence-corrected chi connectivity index (χ0v) is 12.6. The summed E-state index contributed by atoms with van der Waals surface area (Å²) < 4.78 is 9.73. The number of ketones is 1. The topological polar surface area (TPSA) is 94.2 Å². The lowest BCUT2D eigenvalue weighted by Crippen LogP contribution is -1.99. The van der Waals surface area contributed by atoms with E-state index in [1.165, 1.54) is 7.11 Å². The molecule has 2 heterocycles. The van der Waals surface area contributed by atoms with E-state index in [1.54, 1.807) is 25.4 Å². The van der Waals surface area contributed by atoms with Crippen molar-refractivity contribution in [3.05, 3.63) is 40.0 Å². The van der Waals surface area contributed by atoms with E-state index in [0.717, 1.165) is 22.2 Å². The summed E-state index contributed by atoms with van der Waals surface area (Å²) >= 11 is 0.899. The fraction of sp³-hybridized carbons (Fsp3) is 0.143. The Morgan fingerprint density at radius 3 is 2.68 bits per heavy atom. The van der Waals surface area contributed by atoms with Gasteiger partial charge in [0.05, 0.1) is 19.8 Å². The van der Waals surface area contributed by atoms with Gasteiger partial charge in [0.2, 0.25) is 10.8 Å². The van der Waals surface area contributed by atoms with Gasteiger partial charge in [-0.05, 0) is 18.2 Å². The van der Waals surface area contributed by atoms with Gasteiger partial charge in [0.1, 0.15) is 5.75 Å². The molecule has 22 heavy (non-hydrogen) atoms. The molecular weight excluding hydrogens is 306 g/mol. The van der Waals surface area contributed by atoms with Gasteiger partial charge >= 0.3 is 5.97 Å². The first kappa shape index (κ1) is 14.2. The predicted molar refractivity (Wildman–Crippen MR) is 79.5 cm³/mol. The Morgan fingerprint density at radius 1 is 1.18 bits per heavy atom. The third kappa shape index (κ3) is 2.33. The van der Waals surface area contributed by atoms with Gasteiger partial charge in [-0.1, -0.05) is 11.3 Å². The Bertz CT molecular complexity index is 868. The first-order valence-electron chi connectivity index (χ1n) is 6.25. The number of carbonyl (C=O) groups excluding carboxylic acids is 2. The summed E-state index contributed by atoms with van der Waals surface area (Å²) in [5, 5.41) is 8.33. The quantitative estimate of drug-likeness (QED) is 0.584. The second-order valence-corrected chi connectivity index (χ2v) is 5.32. The Balaban J connectivity index is 2.01. The van der Waals surface area contributed by atoms with Crippen molar-refractivity contribution < 1.29 is 19.1 Å². The van der Waals surface area contributed by atoms with E-state index in [-0.39, 0.29) is 15.8 Å². The predicted octanol–water partition coefficient (Wildman–Crippen LogP) is 2.05. The molecule has 2 aromatic heterocycles. The minimum Gasteiger partial charge on any atom is -0.497 e. The first-order chi connectivity index (χ1) is 10.6. The second kappa shape index (κ2) is 5.57. The number of benzene rings is 1. The SMILES string of the molecule is COC(=O)c1nnc(C(=O)c2c[nH]c3ccc(OC)cc23)s1. The molecule has 0 saturated carbocycles. The van der Waals surface area contributed by atoms with Crippen LogP contribution in [0, 0.1) is 0 Å². The van der Waals surface area contributed by atoms with Crippen LogP contribution in [0.4, 0.5) is 0 Å². The molecule has 0 aliphatic rings. The van der Waals surface area contributed by atoms with Crippen molar-refractivity contribution in [3.63, 3.8) is 0 Å². The zero-order chi connectivity index (χ0) is 15.7. The number of ether oxygens (including phenoxy) is 2. The molecule has 0 aliphatic carbocycles. The van der Waals surface area contributed by atoms with Crippen molar-refractivity contribution >= 4 is 34.0 Å². The van der Waals surface area contributed by atoms with E-state index in [4.69, 9.17) is 4.74 Å². The number of esters is 1. The number of rotatable bonds is 4. The van der Waals surface area contributed by atoms with Crippen molar-refractivity contribution in [1.82, 2.24) is 15.2 Å². The molecule has 0 aliphatic heterocycles. The number of aromatic nitrogens is 3. The van der Waals surface area contributed by atoms with E-state index in [2.05, 4.69) is 19.9 Å². The van der Waals surface area contributed by atoms with Gasteiger partial charge in [-0.3, -0.25) is 4.79 Å². The monoisotopic (exact) mass is 317 g/mol. The average Bonchev–Trinajstić information content (AvgIpc) is 3.19. The molecule has 0 fully saturated rings. The number of hydrogen-bond acceptors (Lipinski definition) is 7. The lowest BCUT2D eigenvalue weighted by molar-refractivity contribution is 0.0599. The molecule has 0 radical (unpaired) electrons. The first-order valence-corrected chi connectivity index (χ1v) is 7.07. The van der Waals surface area contributed by atoms with Crippen molar-refractivity contribution in [2.45, 2.75) is 0 Å². The summed E-state index contributed by atoms with van der Waals surface area (Å²) in [6.45, 7) is 0. The molecule has 0 spiro atoms. The molecule has 1 aromatic carbocycles. The van der Waals surface area contributed by atoms with E-state index < -0.39 is 5.97 Å². The largest absolute Gasteiger partial charge is 0.497 e. The second-order valence-electron chi connectivity index (χ2n) is 4.35. The molecular formula is C14H11N3O4S. The molecule has 8 heteroatoms. The van der Waals surface area contributed by atoms with Gasteiger partial charge in [-0.15, -0.1) is 10.2 Å². The van der Waals surface area contributed by atoms with E-state index in [1.807, 2.05) is 6.07 Å².